The van der Waals surface area contributed by atoms with E-state index in [1.165, 1.54) is 11.1 Å². The van der Waals surface area contributed by atoms with E-state index in [2.05, 4.69) is 12.1 Å². The SMILES string of the molecule is OC1=CCC([C@@H]2Cc3ccc(O)cc3[C@@H]3COC[C@@H]32)C=C1. The summed E-state index contributed by atoms with van der Waals surface area (Å²) in [4.78, 5) is 0. The molecule has 4 atom stereocenters. The predicted molar refractivity (Wildman–Crippen MR) is 80.3 cm³/mol. The van der Waals surface area contributed by atoms with Crippen molar-refractivity contribution in [2.45, 2.75) is 18.8 Å². The Kier molecular flexibility index (Phi) is 3.03. The van der Waals surface area contributed by atoms with Crippen LogP contribution >= 0.6 is 0 Å². The van der Waals surface area contributed by atoms with E-state index in [4.69, 9.17) is 4.74 Å². The standard InChI is InChI=1S/C18H20O3/c19-13-4-1-11(2-5-13)15-7-12-3-6-14(20)8-16(12)18-10-21-9-17(15)18/h1,3-6,8,11,15,17-20H,2,7,9-10H2/t11?,15-,17+,18-/m0/s1. The van der Waals surface area contributed by atoms with Gasteiger partial charge in [0, 0.05) is 5.92 Å². The second-order valence-corrected chi connectivity index (χ2v) is 6.45. The lowest BCUT2D eigenvalue weighted by atomic mass is 9.65. The molecule has 1 aliphatic heterocycles. The highest BCUT2D eigenvalue weighted by Gasteiger charge is 2.43. The van der Waals surface area contributed by atoms with E-state index in [-0.39, 0.29) is 0 Å². The lowest BCUT2D eigenvalue weighted by Gasteiger charge is -2.38. The van der Waals surface area contributed by atoms with Crippen molar-refractivity contribution in [2.24, 2.45) is 17.8 Å². The van der Waals surface area contributed by atoms with Gasteiger partial charge < -0.3 is 14.9 Å². The molecule has 1 fully saturated rings. The van der Waals surface area contributed by atoms with Crippen LogP contribution in [0.5, 0.6) is 5.75 Å². The molecule has 2 aliphatic carbocycles. The van der Waals surface area contributed by atoms with Crippen LogP contribution in [0, 0.1) is 17.8 Å². The smallest absolute Gasteiger partial charge is 0.115 e. The third-order valence-corrected chi connectivity index (χ3v) is 5.32. The molecule has 0 spiro atoms. The first-order valence-corrected chi connectivity index (χ1v) is 7.69. The molecular formula is C18H20O3. The van der Waals surface area contributed by atoms with Crippen molar-refractivity contribution < 1.29 is 14.9 Å². The lowest BCUT2D eigenvalue weighted by Crippen LogP contribution is -2.33. The number of hydrogen-bond donors (Lipinski definition) is 2. The van der Waals surface area contributed by atoms with E-state index in [1.807, 2.05) is 18.2 Å². The summed E-state index contributed by atoms with van der Waals surface area (Å²) >= 11 is 0. The normalized spacial score (nSPS) is 34.2. The maximum absolute atomic E-state index is 9.76. The Bertz CT molecular complexity index is 617. The number of phenols is 1. The molecule has 1 unspecified atom stereocenters. The number of hydrogen-bond acceptors (Lipinski definition) is 3. The number of phenolic OH excluding ortho intramolecular Hbond substituents is 1. The van der Waals surface area contributed by atoms with Crippen LogP contribution in [0.2, 0.25) is 0 Å². The fraction of sp³-hybridized carbons (Fsp3) is 0.444. The monoisotopic (exact) mass is 284 g/mol. The van der Waals surface area contributed by atoms with Crippen LogP contribution in [-0.4, -0.2) is 23.4 Å². The second kappa shape index (κ2) is 4.92. The maximum atomic E-state index is 9.76. The van der Waals surface area contributed by atoms with Crippen LogP contribution in [0.4, 0.5) is 0 Å². The van der Waals surface area contributed by atoms with Gasteiger partial charge in [-0.25, -0.2) is 0 Å². The van der Waals surface area contributed by atoms with Gasteiger partial charge in [0.25, 0.3) is 0 Å². The zero-order chi connectivity index (χ0) is 14.4. The molecular weight excluding hydrogens is 264 g/mol. The number of benzene rings is 1. The second-order valence-electron chi connectivity index (χ2n) is 6.45. The predicted octanol–water partition coefficient (Wildman–Crippen LogP) is 3.31. The average Bonchev–Trinajstić information content (AvgIpc) is 2.97. The highest BCUT2D eigenvalue weighted by Crippen LogP contribution is 2.48. The minimum Gasteiger partial charge on any atom is -0.508 e. The van der Waals surface area contributed by atoms with Crippen LogP contribution in [0.3, 0.4) is 0 Å². The van der Waals surface area contributed by atoms with Crippen molar-refractivity contribution in [3.05, 3.63) is 53.3 Å². The van der Waals surface area contributed by atoms with Crippen molar-refractivity contribution in [1.82, 2.24) is 0 Å². The van der Waals surface area contributed by atoms with Gasteiger partial charge in [0.1, 0.15) is 11.5 Å². The highest BCUT2D eigenvalue weighted by atomic mass is 16.5. The fourth-order valence-corrected chi connectivity index (χ4v) is 4.24. The molecule has 4 rings (SSSR count). The van der Waals surface area contributed by atoms with Gasteiger partial charge >= 0.3 is 0 Å². The van der Waals surface area contributed by atoms with E-state index in [1.54, 1.807) is 6.07 Å². The summed E-state index contributed by atoms with van der Waals surface area (Å²) in [5, 5.41) is 19.3. The summed E-state index contributed by atoms with van der Waals surface area (Å²) < 4.78 is 5.76. The molecule has 0 radical (unpaired) electrons. The number of aliphatic hydroxyl groups excluding tert-OH is 1. The molecule has 110 valence electrons. The Morgan fingerprint density at radius 1 is 1.10 bits per heavy atom. The van der Waals surface area contributed by atoms with E-state index in [0.29, 0.717) is 35.2 Å². The van der Waals surface area contributed by atoms with Crippen LogP contribution in [0.15, 0.2) is 42.2 Å². The molecule has 0 amide bonds. The summed E-state index contributed by atoms with van der Waals surface area (Å²) in [5.41, 5.74) is 2.61. The van der Waals surface area contributed by atoms with Gasteiger partial charge in [-0.15, -0.1) is 0 Å². The molecule has 21 heavy (non-hydrogen) atoms. The topological polar surface area (TPSA) is 49.7 Å². The Hall–Kier alpha value is -1.74. The average molecular weight is 284 g/mol. The molecule has 3 heteroatoms. The van der Waals surface area contributed by atoms with Crippen molar-refractivity contribution in [3.63, 3.8) is 0 Å². The van der Waals surface area contributed by atoms with Crippen molar-refractivity contribution in [2.75, 3.05) is 13.2 Å². The summed E-state index contributed by atoms with van der Waals surface area (Å²) in [6, 6.07) is 5.76. The number of aliphatic hydroxyl groups is 1. The van der Waals surface area contributed by atoms with Gasteiger partial charge in [-0.05, 0) is 66.0 Å². The first-order chi connectivity index (χ1) is 10.2. The van der Waals surface area contributed by atoms with Gasteiger partial charge in [0.15, 0.2) is 0 Å². The molecule has 1 heterocycles. The van der Waals surface area contributed by atoms with Crippen LogP contribution in [0.1, 0.15) is 23.5 Å². The molecule has 1 aromatic rings. The van der Waals surface area contributed by atoms with Gasteiger partial charge in [-0.1, -0.05) is 12.1 Å². The van der Waals surface area contributed by atoms with Gasteiger partial charge in [0.05, 0.1) is 13.2 Å². The van der Waals surface area contributed by atoms with Crippen molar-refractivity contribution >= 4 is 0 Å². The number of rotatable bonds is 1. The van der Waals surface area contributed by atoms with Gasteiger partial charge in [-0.2, -0.15) is 0 Å². The molecule has 0 bridgehead atoms. The molecule has 1 aromatic carbocycles. The van der Waals surface area contributed by atoms with E-state index < -0.39 is 0 Å². The summed E-state index contributed by atoms with van der Waals surface area (Å²) in [5.74, 6) is 2.67. The Morgan fingerprint density at radius 3 is 2.81 bits per heavy atom. The largest absolute Gasteiger partial charge is 0.508 e. The van der Waals surface area contributed by atoms with E-state index in [9.17, 15) is 10.2 Å². The van der Waals surface area contributed by atoms with Crippen LogP contribution < -0.4 is 0 Å². The van der Waals surface area contributed by atoms with E-state index in [0.717, 1.165) is 26.1 Å². The third-order valence-electron chi connectivity index (χ3n) is 5.32. The van der Waals surface area contributed by atoms with Gasteiger partial charge in [-0.3, -0.25) is 0 Å². The fourth-order valence-electron chi connectivity index (χ4n) is 4.24. The zero-order valence-electron chi connectivity index (χ0n) is 11.9. The number of aromatic hydroxyl groups is 1. The van der Waals surface area contributed by atoms with Gasteiger partial charge in [0.2, 0.25) is 0 Å². The lowest BCUT2D eigenvalue weighted by molar-refractivity contribution is 0.159. The molecule has 2 N–H and O–H groups in total. The number of ether oxygens (including phenoxy) is 1. The summed E-state index contributed by atoms with van der Waals surface area (Å²) in [6.45, 7) is 1.57. The molecule has 1 saturated heterocycles. The number of allylic oxidation sites excluding steroid dienone is 3. The minimum absolute atomic E-state index is 0.350. The Balaban J connectivity index is 1.68. The van der Waals surface area contributed by atoms with Crippen LogP contribution in [0.25, 0.3) is 0 Å². The zero-order valence-corrected chi connectivity index (χ0v) is 11.9. The summed E-state index contributed by atoms with van der Waals surface area (Å²) in [7, 11) is 0. The molecule has 0 saturated carbocycles. The van der Waals surface area contributed by atoms with Crippen molar-refractivity contribution in [1.29, 1.82) is 0 Å². The first-order valence-electron chi connectivity index (χ1n) is 7.69. The Morgan fingerprint density at radius 2 is 2.00 bits per heavy atom. The van der Waals surface area contributed by atoms with Crippen LogP contribution in [-0.2, 0) is 11.2 Å². The van der Waals surface area contributed by atoms with E-state index >= 15 is 0 Å². The quantitative estimate of drug-likeness (QED) is 0.832. The Labute approximate surface area is 124 Å². The molecule has 0 aromatic heterocycles. The minimum atomic E-state index is 0.350. The maximum Gasteiger partial charge on any atom is 0.115 e. The molecule has 3 aliphatic rings. The number of fused-ring (bicyclic) bond motifs is 3. The third kappa shape index (κ3) is 2.16. The molecule has 3 nitrogen and oxygen atoms in total. The first kappa shape index (κ1) is 13.0. The van der Waals surface area contributed by atoms with Crippen molar-refractivity contribution in [3.8, 4) is 5.75 Å². The highest BCUT2D eigenvalue weighted by molar-refractivity contribution is 5.41. The summed E-state index contributed by atoms with van der Waals surface area (Å²) in [6.07, 6.45) is 7.83.